The van der Waals surface area contributed by atoms with E-state index < -0.39 is 29.1 Å². The molecule has 0 aliphatic carbocycles. The van der Waals surface area contributed by atoms with Gasteiger partial charge in [0.05, 0.1) is 0 Å². The summed E-state index contributed by atoms with van der Waals surface area (Å²) in [4.78, 5) is 36.5. The predicted octanol–water partition coefficient (Wildman–Crippen LogP) is 1.10. The van der Waals surface area contributed by atoms with Gasteiger partial charge in [-0.25, -0.2) is 4.39 Å². The summed E-state index contributed by atoms with van der Waals surface area (Å²) in [6.45, 7) is 2.93. The van der Waals surface area contributed by atoms with Crippen molar-refractivity contribution in [2.45, 2.75) is 19.4 Å². The van der Waals surface area contributed by atoms with Gasteiger partial charge in [-0.1, -0.05) is 12.1 Å². The zero-order valence-corrected chi connectivity index (χ0v) is 11.7. The summed E-state index contributed by atoms with van der Waals surface area (Å²) in [5, 5.41) is 2.19. The number of amides is 3. The Morgan fingerprint density at radius 1 is 1.38 bits per heavy atom. The molecule has 1 aromatic carbocycles. The number of hydrogen-bond donors (Lipinski definition) is 1. The quantitative estimate of drug-likeness (QED) is 0.655. The number of imide groups is 1. The number of carbonyl (C=O) groups is 3. The van der Waals surface area contributed by atoms with Crippen LogP contribution >= 0.6 is 0 Å². The van der Waals surface area contributed by atoms with E-state index in [1.807, 2.05) is 0 Å². The van der Waals surface area contributed by atoms with E-state index in [-0.39, 0.29) is 6.54 Å². The normalized spacial score (nSPS) is 18.0. The summed E-state index contributed by atoms with van der Waals surface area (Å²) in [7, 11) is 0. The molecule has 1 aromatic rings. The van der Waals surface area contributed by atoms with Crippen LogP contribution in [0.2, 0.25) is 0 Å². The van der Waals surface area contributed by atoms with Crippen LogP contribution < -0.4 is 5.32 Å². The van der Waals surface area contributed by atoms with Crippen molar-refractivity contribution in [3.8, 4) is 0 Å². The molecule has 3 amide bonds. The van der Waals surface area contributed by atoms with Gasteiger partial charge in [0, 0.05) is 6.08 Å². The molecule has 1 N–H and O–H groups in total. The lowest BCUT2D eigenvalue weighted by molar-refractivity contribution is -0.153. The third-order valence-electron chi connectivity index (χ3n) is 3.32. The van der Waals surface area contributed by atoms with Gasteiger partial charge in [-0.05, 0) is 37.6 Å². The molecule has 1 fully saturated rings. The second kappa shape index (κ2) is 5.47. The fourth-order valence-corrected chi connectivity index (χ4v) is 2.00. The number of piperazine rings is 1. The zero-order valence-electron chi connectivity index (χ0n) is 11.7. The molecule has 0 radical (unpaired) electrons. The van der Waals surface area contributed by atoms with Crippen molar-refractivity contribution in [1.82, 2.24) is 10.2 Å². The van der Waals surface area contributed by atoms with Gasteiger partial charge in [0.15, 0.2) is 0 Å². The number of nitrogens with one attached hydrogen (secondary N) is 1. The third-order valence-corrected chi connectivity index (χ3v) is 3.32. The summed E-state index contributed by atoms with van der Waals surface area (Å²) in [6, 6.07) is 5.76. The van der Waals surface area contributed by atoms with Crippen molar-refractivity contribution in [2.75, 3.05) is 6.54 Å². The van der Waals surface area contributed by atoms with E-state index in [1.54, 1.807) is 19.9 Å². The molecule has 6 heteroatoms. The molecule has 0 spiro atoms. The molecule has 0 bridgehead atoms. The first-order valence-corrected chi connectivity index (χ1v) is 6.40. The topological polar surface area (TPSA) is 66.5 Å². The Morgan fingerprint density at radius 3 is 2.76 bits per heavy atom. The van der Waals surface area contributed by atoms with Crippen LogP contribution in [0, 0.1) is 5.82 Å². The molecule has 1 heterocycles. The average molecular weight is 290 g/mol. The molecular weight excluding hydrogens is 275 g/mol. The Kier molecular flexibility index (Phi) is 3.88. The number of halogens is 1. The Morgan fingerprint density at radius 2 is 2.10 bits per heavy atom. The minimum atomic E-state index is -1.11. The Hall–Kier alpha value is -2.50. The van der Waals surface area contributed by atoms with Crippen molar-refractivity contribution in [1.29, 1.82) is 0 Å². The molecule has 1 aliphatic rings. The van der Waals surface area contributed by atoms with Gasteiger partial charge < -0.3 is 4.90 Å². The highest BCUT2D eigenvalue weighted by atomic mass is 19.1. The first-order valence-electron chi connectivity index (χ1n) is 6.40. The van der Waals surface area contributed by atoms with Gasteiger partial charge in [0.1, 0.15) is 17.9 Å². The fraction of sp³-hybridized carbons (Fsp3) is 0.267. The number of benzene rings is 1. The first kappa shape index (κ1) is 14.9. The third kappa shape index (κ3) is 3.16. The minimum Gasteiger partial charge on any atom is -0.316 e. The lowest BCUT2D eigenvalue weighted by Crippen LogP contribution is -2.65. The van der Waals surface area contributed by atoms with E-state index in [0.717, 1.165) is 0 Å². The Labute approximate surface area is 121 Å². The lowest BCUT2D eigenvalue weighted by Gasteiger charge is -2.39. The molecular formula is C15H15FN2O3. The van der Waals surface area contributed by atoms with E-state index in [4.69, 9.17) is 0 Å². The van der Waals surface area contributed by atoms with Crippen LogP contribution in [0.4, 0.5) is 4.39 Å². The van der Waals surface area contributed by atoms with E-state index >= 15 is 0 Å². The van der Waals surface area contributed by atoms with Crippen LogP contribution in [0.15, 0.2) is 30.3 Å². The summed E-state index contributed by atoms with van der Waals surface area (Å²) in [5.41, 5.74) is -0.592. The van der Waals surface area contributed by atoms with Crippen molar-refractivity contribution in [2.24, 2.45) is 0 Å². The monoisotopic (exact) mass is 290 g/mol. The SMILES string of the molecule is CC1(C)C(=O)NC(=O)CN1C(=O)C=Cc1cccc(F)c1. The minimum absolute atomic E-state index is 0.189. The molecule has 110 valence electrons. The molecule has 0 saturated carbocycles. The van der Waals surface area contributed by atoms with E-state index in [2.05, 4.69) is 5.32 Å². The van der Waals surface area contributed by atoms with E-state index in [0.29, 0.717) is 5.56 Å². The summed E-state index contributed by atoms with van der Waals surface area (Å²) >= 11 is 0. The van der Waals surface area contributed by atoms with E-state index in [1.165, 1.54) is 35.3 Å². The van der Waals surface area contributed by atoms with Crippen LogP contribution in [0.25, 0.3) is 6.08 Å². The number of carbonyl (C=O) groups excluding carboxylic acids is 3. The molecule has 0 unspecified atom stereocenters. The van der Waals surface area contributed by atoms with Crippen LogP contribution in [0.3, 0.4) is 0 Å². The Bertz CT molecular complexity index is 638. The molecule has 21 heavy (non-hydrogen) atoms. The standard InChI is InChI=1S/C15H15FN2O3/c1-15(2)14(21)17-12(19)9-18(15)13(20)7-6-10-4-3-5-11(16)8-10/h3-8H,9H2,1-2H3,(H,17,19,21). The van der Waals surface area contributed by atoms with Gasteiger partial charge in [0.25, 0.3) is 5.91 Å². The molecule has 1 saturated heterocycles. The molecule has 0 aromatic heterocycles. The van der Waals surface area contributed by atoms with Crippen LogP contribution in [0.5, 0.6) is 0 Å². The van der Waals surface area contributed by atoms with Crippen molar-refractivity contribution in [3.63, 3.8) is 0 Å². The van der Waals surface area contributed by atoms with Gasteiger partial charge >= 0.3 is 0 Å². The number of rotatable bonds is 2. The van der Waals surface area contributed by atoms with E-state index in [9.17, 15) is 18.8 Å². The van der Waals surface area contributed by atoms with Crippen molar-refractivity contribution >= 4 is 23.8 Å². The maximum absolute atomic E-state index is 13.0. The number of hydrogen-bond acceptors (Lipinski definition) is 3. The molecule has 2 rings (SSSR count). The van der Waals surface area contributed by atoms with Crippen molar-refractivity contribution in [3.05, 3.63) is 41.7 Å². The summed E-state index contributed by atoms with van der Waals surface area (Å²) < 4.78 is 13.0. The molecule has 5 nitrogen and oxygen atoms in total. The Balaban J connectivity index is 2.19. The smallest absolute Gasteiger partial charge is 0.252 e. The zero-order chi connectivity index (χ0) is 15.6. The van der Waals surface area contributed by atoms with Crippen LogP contribution in [-0.4, -0.2) is 34.7 Å². The fourth-order valence-electron chi connectivity index (χ4n) is 2.00. The lowest BCUT2D eigenvalue weighted by atomic mass is 9.98. The van der Waals surface area contributed by atoms with Gasteiger partial charge in [0.2, 0.25) is 11.8 Å². The average Bonchev–Trinajstić information content (AvgIpc) is 2.40. The second-order valence-corrected chi connectivity index (χ2v) is 5.25. The maximum Gasteiger partial charge on any atom is 0.252 e. The summed E-state index contributed by atoms with van der Waals surface area (Å²) in [5.74, 6) is -1.93. The van der Waals surface area contributed by atoms with Gasteiger partial charge in [-0.3, -0.25) is 19.7 Å². The molecule has 1 aliphatic heterocycles. The maximum atomic E-state index is 13.0. The van der Waals surface area contributed by atoms with Crippen LogP contribution in [0.1, 0.15) is 19.4 Å². The predicted molar refractivity (Wildman–Crippen MR) is 74.4 cm³/mol. The highest BCUT2D eigenvalue weighted by Gasteiger charge is 2.42. The second-order valence-electron chi connectivity index (χ2n) is 5.25. The summed E-state index contributed by atoms with van der Waals surface area (Å²) in [6.07, 6.45) is 2.67. The van der Waals surface area contributed by atoms with Gasteiger partial charge in [-0.15, -0.1) is 0 Å². The van der Waals surface area contributed by atoms with Gasteiger partial charge in [-0.2, -0.15) is 0 Å². The molecule has 0 atom stereocenters. The first-order chi connectivity index (χ1) is 9.80. The largest absolute Gasteiger partial charge is 0.316 e. The van der Waals surface area contributed by atoms with Crippen LogP contribution in [-0.2, 0) is 14.4 Å². The number of nitrogens with zero attached hydrogens (tertiary/aromatic N) is 1. The van der Waals surface area contributed by atoms with Crippen molar-refractivity contribution < 1.29 is 18.8 Å². The highest BCUT2D eigenvalue weighted by molar-refractivity contribution is 6.08. The highest BCUT2D eigenvalue weighted by Crippen LogP contribution is 2.19.